The summed E-state index contributed by atoms with van der Waals surface area (Å²) in [6.45, 7) is 8.81. The Morgan fingerprint density at radius 2 is 1.94 bits per heavy atom. The highest BCUT2D eigenvalue weighted by atomic mass is 32.2. The van der Waals surface area contributed by atoms with Crippen LogP contribution in [0.1, 0.15) is 46.6 Å². The van der Waals surface area contributed by atoms with E-state index in [1.54, 1.807) is 32.5 Å². The molecule has 1 aliphatic rings. The van der Waals surface area contributed by atoms with E-state index in [9.17, 15) is 19.2 Å². The number of alkyl halides is 1. The van der Waals surface area contributed by atoms with Crippen molar-refractivity contribution in [1.29, 1.82) is 5.26 Å². The number of benzene rings is 1. The molecule has 0 spiro atoms. The number of carbonyl (C=O) groups excluding carboxylic acids is 2. The first kappa shape index (κ1) is 25.0. The van der Waals surface area contributed by atoms with Crippen LogP contribution in [0.15, 0.2) is 30.3 Å². The minimum absolute atomic E-state index is 0.0109. The van der Waals surface area contributed by atoms with Gasteiger partial charge >= 0.3 is 6.09 Å². The number of alkyl carbamates (subject to hydrolysis) is 1. The lowest BCUT2D eigenvalue weighted by atomic mass is 10.0. The molecule has 1 aliphatic heterocycles. The lowest BCUT2D eigenvalue weighted by Crippen LogP contribution is -2.58. The van der Waals surface area contributed by atoms with E-state index in [4.69, 9.17) is 4.74 Å². The van der Waals surface area contributed by atoms with E-state index in [0.717, 1.165) is 12.2 Å². The van der Waals surface area contributed by atoms with Crippen molar-refractivity contribution in [2.75, 3.05) is 12.3 Å². The summed E-state index contributed by atoms with van der Waals surface area (Å²) in [4.78, 5) is 27.1. The van der Waals surface area contributed by atoms with Crippen LogP contribution < -0.4 is 5.32 Å². The largest absolute Gasteiger partial charge is 0.444 e. The summed E-state index contributed by atoms with van der Waals surface area (Å²) in [5, 5.41) is 12.1. The normalized spacial score (nSPS) is 20.1. The van der Waals surface area contributed by atoms with Crippen molar-refractivity contribution in [2.24, 2.45) is 0 Å². The summed E-state index contributed by atoms with van der Waals surface area (Å²) in [5.41, 5.74) is 0.452. The number of likely N-dealkylation sites (tertiary alicyclic amines) is 1. The quantitative estimate of drug-likeness (QED) is 0.678. The van der Waals surface area contributed by atoms with Crippen molar-refractivity contribution in [3.8, 4) is 6.07 Å². The summed E-state index contributed by atoms with van der Waals surface area (Å²) in [6, 6.07) is 10.2. The molecule has 6 nitrogen and oxygen atoms in total. The van der Waals surface area contributed by atoms with E-state index < -0.39 is 40.6 Å². The Morgan fingerprint density at radius 3 is 2.52 bits per heavy atom. The zero-order valence-electron chi connectivity index (χ0n) is 18.9. The summed E-state index contributed by atoms with van der Waals surface area (Å²) in [5.74, 6) is 0.263. The summed E-state index contributed by atoms with van der Waals surface area (Å²) < 4.78 is 18.6. The molecule has 0 radical (unpaired) electrons. The number of halogens is 1. The number of amides is 2. The zero-order chi connectivity index (χ0) is 23.2. The van der Waals surface area contributed by atoms with Gasteiger partial charge in [-0.25, -0.2) is 9.18 Å². The first-order chi connectivity index (χ1) is 14.4. The molecule has 1 aromatic carbocycles. The fourth-order valence-corrected chi connectivity index (χ4v) is 4.63. The molecule has 2 rings (SSSR count). The number of nitrogens with zero attached hydrogens (tertiary/aromatic N) is 2. The number of carbonyl (C=O) groups is 2. The predicted molar refractivity (Wildman–Crippen MR) is 120 cm³/mol. The fraction of sp³-hybridized carbons (Fsp3) is 0.609. The van der Waals surface area contributed by atoms with E-state index in [1.165, 1.54) is 10.5 Å². The molecule has 2 amide bonds. The Morgan fingerprint density at radius 1 is 1.29 bits per heavy atom. The third-order valence-electron chi connectivity index (χ3n) is 4.99. The standard InChI is InChI=1S/C23H32FN3O3S/c1-22(2,3)30-21(29)26-19(20(28)27-15-17(24)13-18(27)14-25)23(4,5)31-12-11-16-9-7-6-8-10-16/h6-10,17-19H,11-13,15H2,1-5H3,(H,26,29)/t17-,18-,19+/m0/s1. The van der Waals surface area contributed by atoms with Gasteiger partial charge in [0.1, 0.15) is 23.9 Å². The molecule has 1 aromatic rings. The van der Waals surface area contributed by atoms with E-state index in [2.05, 4.69) is 5.32 Å². The van der Waals surface area contributed by atoms with Crippen molar-refractivity contribution < 1.29 is 18.7 Å². The van der Waals surface area contributed by atoms with Crippen LogP contribution in [0.4, 0.5) is 9.18 Å². The first-order valence-corrected chi connectivity index (χ1v) is 11.4. The maximum atomic E-state index is 13.9. The fourth-order valence-electron chi connectivity index (χ4n) is 3.43. The van der Waals surface area contributed by atoms with Gasteiger partial charge in [-0.1, -0.05) is 30.3 Å². The van der Waals surface area contributed by atoms with E-state index in [0.29, 0.717) is 0 Å². The van der Waals surface area contributed by atoms with Gasteiger partial charge in [-0.15, -0.1) is 0 Å². The van der Waals surface area contributed by atoms with Crippen molar-refractivity contribution >= 4 is 23.8 Å². The minimum atomic E-state index is -1.25. The SMILES string of the molecule is CC(C)(C)OC(=O)N[C@H](C(=O)N1C[C@@H](F)C[C@H]1C#N)C(C)(C)SCCc1ccccc1. The van der Waals surface area contributed by atoms with Gasteiger partial charge in [0.25, 0.3) is 0 Å². The highest BCUT2D eigenvalue weighted by Crippen LogP contribution is 2.32. The van der Waals surface area contributed by atoms with Gasteiger partial charge in [0.15, 0.2) is 0 Å². The molecule has 0 bridgehead atoms. The van der Waals surface area contributed by atoms with Crippen LogP contribution in [0.3, 0.4) is 0 Å². The Bertz CT molecular complexity index is 805. The third kappa shape index (κ3) is 7.42. The van der Waals surface area contributed by atoms with Gasteiger partial charge in [-0.05, 0) is 52.4 Å². The highest BCUT2D eigenvalue weighted by Gasteiger charge is 2.45. The number of aryl methyl sites for hydroxylation is 1. The predicted octanol–water partition coefficient (Wildman–Crippen LogP) is 4.10. The van der Waals surface area contributed by atoms with Crippen molar-refractivity contribution in [1.82, 2.24) is 10.2 Å². The smallest absolute Gasteiger partial charge is 0.408 e. The Balaban J connectivity index is 2.17. The summed E-state index contributed by atoms with van der Waals surface area (Å²) in [7, 11) is 0. The highest BCUT2D eigenvalue weighted by molar-refractivity contribution is 8.00. The van der Waals surface area contributed by atoms with Crippen LogP contribution in [-0.4, -0.2) is 57.8 Å². The van der Waals surface area contributed by atoms with E-state index in [-0.39, 0.29) is 13.0 Å². The number of thioether (sulfide) groups is 1. The first-order valence-electron chi connectivity index (χ1n) is 10.4. The number of nitrogens with one attached hydrogen (secondary N) is 1. The van der Waals surface area contributed by atoms with Crippen LogP contribution in [-0.2, 0) is 16.0 Å². The third-order valence-corrected chi connectivity index (χ3v) is 6.38. The second-order valence-electron chi connectivity index (χ2n) is 9.24. The van der Waals surface area contributed by atoms with Gasteiger partial charge in [0.2, 0.25) is 5.91 Å². The van der Waals surface area contributed by atoms with Crippen molar-refractivity contribution in [2.45, 2.75) is 76.1 Å². The Labute approximate surface area is 188 Å². The molecule has 1 heterocycles. The lowest BCUT2D eigenvalue weighted by molar-refractivity contribution is -0.134. The molecular formula is C23H32FN3O3S. The number of hydrogen-bond acceptors (Lipinski definition) is 5. The average molecular weight is 450 g/mol. The summed E-state index contributed by atoms with van der Waals surface area (Å²) in [6.07, 6.45) is -1.17. The molecule has 1 saturated heterocycles. The second-order valence-corrected chi connectivity index (χ2v) is 11.0. The monoisotopic (exact) mass is 449 g/mol. The molecule has 31 heavy (non-hydrogen) atoms. The molecule has 0 saturated carbocycles. The molecule has 1 fully saturated rings. The second kappa shape index (κ2) is 10.4. The zero-order valence-corrected chi connectivity index (χ0v) is 19.7. The molecular weight excluding hydrogens is 417 g/mol. The molecule has 8 heteroatoms. The number of nitriles is 1. The molecule has 0 aromatic heterocycles. The van der Waals surface area contributed by atoms with Gasteiger partial charge in [0, 0.05) is 11.2 Å². The van der Waals surface area contributed by atoms with Gasteiger partial charge < -0.3 is 15.0 Å². The maximum Gasteiger partial charge on any atom is 0.408 e. The van der Waals surface area contributed by atoms with Gasteiger partial charge in [-0.2, -0.15) is 17.0 Å². The maximum absolute atomic E-state index is 13.9. The van der Waals surface area contributed by atoms with Crippen LogP contribution in [0, 0.1) is 11.3 Å². The number of hydrogen-bond donors (Lipinski definition) is 1. The Hall–Kier alpha value is -2.27. The van der Waals surface area contributed by atoms with Crippen molar-refractivity contribution in [3.05, 3.63) is 35.9 Å². The van der Waals surface area contributed by atoms with Crippen molar-refractivity contribution in [3.63, 3.8) is 0 Å². The lowest BCUT2D eigenvalue weighted by Gasteiger charge is -2.36. The Kier molecular flexibility index (Phi) is 8.35. The molecule has 0 aliphatic carbocycles. The topological polar surface area (TPSA) is 82.4 Å². The number of rotatable bonds is 7. The van der Waals surface area contributed by atoms with Crippen LogP contribution >= 0.6 is 11.8 Å². The van der Waals surface area contributed by atoms with E-state index >= 15 is 0 Å². The molecule has 0 unspecified atom stereocenters. The van der Waals surface area contributed by atoms with Crippen LogP contribution in [0.2, 0.25) is 0 Å². The van der Waals surface area contributed by atoms with Gasteiger partial charge in [0.05, 0.1) is 12.6 Å². The van der Waals surface area contributed by atoms with Crippen LogP contribution in [0.5, 0.6) is 0 Å². The van der Waals surface area contributed by atoms with Crippen LogP contribution in [0.25, 0.3) is 0 Å². The molecule has 3 atom stereocenters. The summed E-state index contributed by atoms with van der Waals surface area (Å²) >= 11 is 1.54. The molecule has 1 N–H and O–H groups in total. The van der Waals surface area contributed by atoms with E-state index in [1.807, 2.05) is 50.2 Å². The average Bonchev–Trinajstić information content (AvgIpc) is 3.05. The number of ether oxygens (including phenoxy) is 1. The minimum Gasteiger partial charge on any atom is -0.444 e. The van der Waals surface area contributed by atoms with Gasteiger partial charge in [-0.3, -0.25) is 4.79 Å². The molecule has 170 valence electrons.